The van der Waals surface area contributed by atoms with E-state index in [2.05, 4.69) is 36.0 Å². The molecule has 0 fully saturated rings. The zero-order valence-corrected chi connectivity index (χ0v) is 22.8. The Balaban J connectivity index is 1.84. The molecule has 0 atom stereocenters. The summed E-state index contributed by atoms with van der Waals surface area (Å²) >= 11 is 6.44. The summed E-state index contributed by atoms with van der Waals surface area (Å²) in [4.78, 5) is 32.8. The van der Waals surface area contributed by atoms with Gasteiger partial charge in [0.1, 0.15) is 5.69 Å². The SMILES string of the molecule is Cc1cc(C#N)cc(C(=O)NC(C)(C)C)c1N(C(=O)c1cc(Cn2nnnc2C(F)(F)F)n[nH]1)c1ncccc1Cl. The molecule has 12 nitrogen and oxygen atoms in total. The maximum Gasteiger partial charge on any atom is 0.453 e. The quantitative estimate of drug-likeness (QED) is 0.340. The van der Waals surface area contributed by atoms with Crippen LogP contribution in [-0.2, 0) is 12.7 Å². The number of nitrogens with one attached hydrogen (secondary N) is 2. The van der Waals surface area contributed by atoms with E-state index in [1.807, 2.05) is 6.07 Å². The molecule has 0 saturated heterocycles. The van der Waals surface area contributed by atoms with Crippen molar-refractivity contribution in [2.75, 3.05) is 4.90 Å². The Morgan fingerprint density at radius 2 is 1.95 bits per heavy atom. The number of carbonyl (C=O) groups is 2. The number of tetrazole rings is 1. The van der Waals surface area contributed by atoms with Gasteiger partial charge in [0.15, 0.2) is 5.82 Å². The summed E-state index contributed by atoms with van der Waals surface area (Å²) in [7, 11) is 0. The average molecular weight is 587 g/mol. The zero-order valence-electron chi connectivity index (χ0n) is 22.1. The minimum absolute atomic E-state index is 0.00482. The lowest BCUT2D eigenvalue weighted by Crippen LogP contribution is -2.41. The van der Waals surface area contributed by atoms with Gasteiger partial charge in [-0.25, -0.2) is 9.67 Å². The highest BCUT2D eigenvalue weighted by molar-refractivity contribution is 6.34. The number of carbonyl (C=O) groups excluding carboxylic acids is 2. The van der Waals surface area contributed by atoms with Gasteiger partial charge >= 0.3 is 6.18 Å². The van der Waals surface area contributed by atoms with Gasteiger partial charge in [-0.3, -0.25) is 19.6 Å². The average Bonchev–Trinajstić information content (AvgIpc) is 3.55. The number of H-pyrrole nitrogens is 1. The molecule has 0 aliphatic heterocycles. The number of rotatable bonds is 6. The van der Waals surface area contributed by atoms with E-state index in [9.17, 15) is 28.0 Å². The fourth-order valence-electron chi connectivity index (χ4n) is 3.91. The van der Waals surface area contributed by atoms with Gasteiger partial charge in [-0.2, -0.15) is 23.5 Å². The molecule has 212 valence electrons. The van der Waals surface area contributed by atoms with Crippen LogP contribution in [0.3, 0.4) is 0 Å². The van der Waals surface area contributed by atoms with Crippen LogP contribution in [0.15, 0.2) is 36.5 Å². The number of aryl methyl sites for hydroxylation is 1. The normalized spacial score (nSPS) is 11.7. The van der Waals surface area contributed by atoms with Gasteiger partial charge in [0, 0.05) is 11.7 Å². The first-order valence-electron chi connectivity index (χ1n) is 11.9. The van der Waals surface area contributed by atoms with Crippen molar-refractivity contribution >= 4 is 34.9 Å². The predicted molar refractivity (Wildman–Crippen MR) is 139 cm³/mol. The smallest absolute Gasteiger partial charge is 0.347 e. The highest BCUT2D eigenvalue weighted by Crippen LogP contribution is 2.37. The molecular formula is C25H22ClF3N10O2. The number of aromatic amines is 1. The van der Waals surface area contributed by atoms with Crippen LogP contribution in [0.25, 0.3) is 0 Å². The Hall–Kier alpha value is -4.84. The first-order valence-corrected chi connectivity index (χ1v) is 12.3. The minimum Gasteiger partial charge on any atom is -0.347 e. The Morgan fingerprint density at radius 1 is 1.22 bits per heavy atom. The van der Waals surface area contributed by atoms with Crippen LogP contribution >= 0.6 is 11.6 Å². The molecule has 0 bridgehead atoms. The molecule has 2 amide bonds. The number of nitrogens with zero attached hydrogens (tertiary/aromatic N) is 8. The molecule has 3 heterocycles. The molecule has 4 rings (SSSR count). The van der Waals surface area contributed by atoms with Crippen LogP contribution in [0.1, 0.15) is 64.3 Å². The molecule has 0 aliphatic carbocycles. The van der Waals surface area contributed by atoms with E-state index in [4.69, 9.17) is 11.6 Å². The topological polar surface area (TPSA) is 158 Å². The lowest BCUT2D eigenvalue weighted by molar-refractivity contribution is -0.147. The third kappa shape index (κ3) is 6.33. The molecular weight excluding hydrogens is 565 g/mol. The predicted octanol–water partition coefficient (Wildman–Crippen LogP) is 4.20. The van der Waals surface area contributed by atoms with Gasteiger partial charge in [0.2, 0.25) is 0 Å². The van der Waals surface area contributed by atoms with Crippen LogP contribution < -0.4 is 10.2 Å². The zero-order chi connectivity index (χ0) is 30.1. The second-order valence-corrected chi connectivity index (χ2v) is 10.3. The summed E-state index contributed by atoms with van der Waals surface area (Å²) in [5.74, 6) is -2.72. The summed E-state index contributed by atoms with van der Waals surface area (Å²) in [5, 5.41) is 28.3. The standard InChI is InChI=1S/C25H22ClF3N10O2/c1-13-8-14(11-30)9-16(21(40)32-24(2,3)4)19(13)39(20-17(26)6-5-7-31-20)22(41)18-10-15(33-34-18)12-38-23(25(27,28)29)35-36-37-38/h5-10H,12H2,1-4H3,(H,32,40)(H,33,34). The van der Waals surface area contributed by atoms with Gasteiger partial charge in [0.05, 0.1) is 40.1 Å². The number of halogens is 4. The van der Waals surface area contributed by atoms with Crippen LogP contribution in [-0.4, -0.2) is 52.7 Å². The number of hydrogen-bond donors (Lipinski definition) is 2. The Labute approximate surface area is 236 Å². The summed E-state index contributed by atoms with van der Waals surface area (Å²) in [6, 6.07) is 9.11. The van der Waals surface area contributed by atoms with Gasteiger partial charge in [0.25, 0.3) is 17.6 Å². The maximum absolute atomic E-state index is 14.0. The number of hydrogen-bond acceptors (Lipinski definition) is 8. The Kier molecular flexibility index (Phi) is 7.80. The van der Waals surface area contributed by atoms with Crippen molar-refractivity contribution < 1.29 is 22.8 Å². The van der Waals surface area contributed by atoms with Crippen molar-refractivity contribution in [2.24, 2.45) is 0 Å². The van der Waals surface area contributed by atoms with E-state index in [1.165, 1.54) is 30.5 Å². The van der Waals surface area contributed by atoms with Crippen LogP contribution in [0, 0.1) is 18.3 Å². The molecule has 0 aliphatic rings. The molecule has 1 aromatic carbocycles. The van der Waals surface area contributed by atoms with E-state index in [0.717, 1.165) is 4.90 Å². The number of pyridine rings is 1. The van der Waals surface area contributed by atoms with Crippen molar-refractivity contribution in [3.63, 3.8) is 0 Å². The van der Waals surface area contributed by atoms with E-state index < -0.39 is 35.9 Å². The summed E-state index contributed by atoms with van der Waals surface area (Å²) in [6.45, 7) is 6.42. The highest BCUT2D eigenvalue weighted by Gasteiger charge is 2.38. The van der Waals surface area contributed by atoms with Crippen molar-refractivity contribution in [2.45, 2.75) is 46.0 Å². The number of nitriles is 1. The number of anilines is 2. The van der Waals surface area contributed by atoms with Crippen molar-refractivity contribution in [1.82, 2.24) is 40.7 Å². The lowest BCUT2D eigenvalue weighted by atomic mass is 10.00. The van der Waals surface area contributed by atoms with Crippen LogP contribution in [0.5, 0.6) is 0 Å². The molecule has 4 aromatic rings. The fraction of sp³-hybridized carbons (Fsp3) is 0.280. The van der Waals surface area contributed by atoms with Gasteiger partial charge in [-0.05, 0) is 74.0 Å². The molecule has 0 radical (unpaired) electrons. The number of alkyl halides is 3. The Bertz CT molecular complexity index is 1670. The number of benzene rings is 1. The molecule has 41 heavy (non-hydrogen) atoms. The van der Waals surface area contributed by atoms with E-state index in [0.29, 0.717) is 10.2 Å². The number of amides is 2. The first kappa shape index (κ1) is 29.2. The molecule has 0 unspecified atom stereocenters. The van der Waals surface area contributed by atoms with Gasteiger partial charge < -0.3 is 5.32 Å². The van der Waals surface area contributed by atoms with Gasteiger partial charge in [-0.1, -0.05) is 11.6 Å². The van der Waals surface area contributed by atoms with Crippen molar-refractivity contribution in [3.05, 3.63) is 75.5 Å². The van der Waals surface area contributed by atoms with E-state index >= 15 is 0 Å². The molecule has 3 aromatic heterocycles. The Morgan fingerprint density at radius 3 is 2.59 bits per heavy atom. The second kappa shape index (κ2) is 11.0. The fourth-order valence-corrected chi connectivity index (χ4v) is 4.12. The van der Waals surface area contributed by atoms with E-state index in [1.54, 1.807) is 33.8 Å². The third-order valence-electron chi connectivity index (χ3n) is 5.50. The van der Waals surface area contributed by atoms with Crippen molar-refractivity contribution in [3.8, 4) is 6.07 Å². The molecule has 16 heteroatoms. The van der Waals surface area contributed by atoms with Gasteiger partial charge in [-0.15, -0.1) is 5.10 Å². The maximum atomic E-state index is 14.0. The first-order chi connectivity index (χ1) is 19.2. The summed E-state index contributed by atoms with van der Waals surface area (Å²) in [6.07, 6.45) is -3.41. The van der Waals surface area contributed by atoms with Crippen molar-refractivity contribution in [1.29, 1.82) is 5.26 Å². The van der Waals surface area contributed by atoms with E-state index in [-0.39, 0.29) is 39.0 Å². The number of aromatic nitrogens is 7. The summed E-state index contributed by atoms with van der Waals surface area (Å²) in [5.41, 5.74) is -0.166. The lowest BCUT2D eigenvalue weighted by Gasteiger charge is -2.28. The molecule has 0 spiro atoms. The van der Waals surface area contributed by atoms with Crippen LogP contribution in [0.4, 0.5) is 24.7 Å². The minimum atomic E-state index is -4.80. The molecule has 2 N–H and O–H groups in total. The second-order valence-electron chi connectivity index (χ2n) is 9.89. The highest BCUT2D eigenvalue weighted by atomic mass is 35.5. The van der Waals surface area contributed by atoms with Crippen LogP contribution in [0.2, 0.25) is 5.02 Å². The molecule has 0 saturated carbocycles. The summed E-state index contributed by atoms with van der Waals surface area (Å²) < 4.78 is 40.1. The monoisotopic (exact) mass is 586 g/mol. The third-order valence-corrected chi connectivity index (χ3v) is 5.79. The largest absolute Gasteiger partial charge is 0.453 e.